The van der Waals surface area contributed by atoms with E-state index in [9.17, 15) is 14.4 Å². The zero-order valence-electron chi connectivity index (χ0n) is 10.6. The van der Waals surface area contributed by atoms with Crippen molar-refractivity contribution >= 4 is 46.0 Å². The lowest BCUT2D eigenvalue weighted by atomic mass is 10.2. The molecule has 106 valence electrons. The van der Waals surface area contributed by atoms with Crippen LogP contribution >= 0.6 is 23.4 Å². The average molecular weight is 314 g/mol. The number of hydrogen-bond donors (Lipinski definition) is 1. The van der Waals surface area contributed by atoms with Crippen LogP contribution in [-0.2, 0) is 9.59 Å². The molecule has 1 aliphatic rings. The maximum atomic E-state index is 12.0. The summed E-state index contributed by atoms with van der Waals surface area (Å²) >= 11 is 6.93. The minimum absolute atomic E-state index is 0.0352. The lowest BCUT2D eigenvalue weighted by Gasteiger charge is -2.17. The van der Waals surface area contributed by atoms with Crippen LogP contribution in [0.4, 0.5) is 5.69 Å². The van der Waals surface area contributed by atoms with E-state index >= 15 is 0 Å². The number of carboxylic acid groups (broad SMARTS) is 1. The van der Waals surface area contributed by atoms with Crippen molar-refractivity contribution in [1.29, 1.82) is 0 Å². The summed E-state index contributed by atoms with van der Waals surface area (Å²) in [6.07, 6.45) is 0.273. The number of carbonyl (C=O) groups is 3. The fourth-order valence-corrected chi connectivity index (χ4v) is 3.20. The number of amides is 1. The number of rotatable bonds is 3. The molecule has 0 aromatic heterocycles. The Morgan fingerprint density at radius 1 is 1.45 bits per heavy atom. The normalized spacial score (nSPS) is 18.4. The second-order valence-electron chi connectivity index (χ2n) is 4.41. The summed E-state index contributed by atoms with van der Waals surface area (Å²) in [5, 5.41) is 9.03. The third-order valence-corrected chi connectivity index (χ3v) is 4.22. The lowest BCUT2D eigenvalue weighted by molar-refractivity contribution is -0.117. The van der Waals surface area contributed by atoms with Gasteiger partial charge in [0.15, 0.2) is 5.12 Å². The van der Waals surface area contributed by atoms with Crippen molar-refractivity contribution in [3.05, 3.63) is 28.8 Å². The van der Waals surface area contributed by atoms with Crippen molar-refractivity contribution in [2.24, 2.45) is 0 Å². The van der Waals surface area contributed by atoms with Gasteiger partial charge < -0.3 is 10.0 Å². The summed E-state index contributed by atoms with van der Waals surface area (Å²) in [5.41, 5.74) is 0.447. The van der Waals surface area contributed by atoms with Crippen molar-refractivity contribution in [3.63, 3.8) is 0 Å². The van der Waals surface area contributed by atoms with E-state index in [1.54, 1.807) is 6.07 Å². The van der Waals surface area contributed by atoms with Crippen LogP contribution in [0.2, 0.25) is 5.02 Å². The van der Waals surface area contributed by atoms with Crippen molar-refractivity contribution in [3.8, 4) is 0 Å². The van der Waals surface area contributed by atoms with Gasteiger partial charge in [-0.1, -0.05) is 23.4 Å². The first-order valence-electron chi connectivity index (χ1n) is 5.89. The van der Waals surface area contributed by atoms with Gasteiger partial charge in [-0.25, -0.2) is 4.79 Å². The molecule has 7 heteroatoms. The second kappa shape index (κ2) is 5.85. The Balaban J connectivity index is 2.24. The molecule has 0 aliphatic carbocycles. The highest BCUT2D eigenvalue weighted by Gasteiger charge is 2.32. The van der Waals surface area contributed by atoms with Gasteiger partial charge in [-0.15, -0.1) is 0 Å². The molecule has 1 unspecified atom stereocenters. The van der Waals surface area contributed by atoms with Crippen LogP contribution in [0.5, 0.6) is 0 Å². The number of thioether (sulfide) groups is 1. The van der Waals surface area contributed by atoms with E-state index in [4.69, 9.17) is 16.7 Å². The Bertz CT molecular complexity index is 590. The van der Waals surface area contributed by atoms with Crippen LogP contribution in [0.1, 0.15) is 23.7 Å². The van der Waals surface area contributed by atoms with Gasteiger partial charge in [0.05, 0.1) is 10.6 Å². The highest BCUT2D eigenvalue weighted by atomic mass is 35.5. The topological polar surface area (TPSA) is 74.7 Å². The summed E-state index contributed by atoms with van der Waals surface area (Å²) in [6, 6.07) is 4.44. The maximum absolute atomic E-state index is 12.0. The highest BCUT2D eigenvalue weighted by Crippen LogP contribution is 2.30. The summed E-state index contributed by atoms with van der Waals surface area (Å²) in [7, 11) is 0. The minimum Gasteiger partial charge on any atom is -0.478 e. The number of anilines is 1. The molecule has 0 saturated carbocycles. The van der Waals surface area contributed by atoms with Gasteiger partial charge in [0.1, 0.15) is 0 Å². The summed E-state index contributed by atoms with van der Waals surface area (Å²) in [4.78, 5) is 35.6. The zero-order valence-corrected chi connectivity index (χ0v) is 12.2. The highest BCUT2D eigenvalue weighted by molar-refractivity contribution is 8.14. The standard InChI is InChI=1S/C13H12ClNO4S/c1-7(16)20-9-5-12(17)15(6-9)8-2-3-11(14)10(4-8)13(18)19/h2-4,9H,5-6H2,1H3,(H,18,19). The van der Waals surface area contributed by atoms with Crippen LogP contribution in [-0.4, -0.2) is 33.9 Å². The van der Waals surface area contributed by atoms with E-state index in [-0.39, 0.29) is 33.3 Å². The Hall–Kier alpha value is -1.53. The molecule has 20 heavy (non-hydrogen) atoms. The number of benzene rings is 1. The first-order chi connectivity index (χ1) is 9.38. The van der Waals surface area contributed by atoms with Crippen LogP contribution < -0.4 is 4.90 Å². The van der Waals surface area contributed by atoms with Gasteiger partial charge >= 0.3 is 5.97 Å². The fraction of sp³-hybridized carbons (Fsp3) is 0.308. The van der Waals surface area contributed by atoms with Crippen LogP contribution in [0.3, 0.4) is 0 Å². The van der Waals surface area contributed by atoms with Crippen LogP contribution in [0, 0.1) is 0 Å². The molecule has 2 rings (SSSR count). The number of hydrogen-bond acceptors (Lipinski definition) is 4. The van der Waals surface area contributed by atoms with E-state index in [2.05, 4.69) is 0 Å². The van der Waals surface area contributed by atoms with Gasteiger partial charge in [-0.05, 0) is 18.2 Å². The monoisotopic (exact) mass is 313 g/mol. The summed E-state index contributed by atoms with van der Waals surface area (Å²) in [5.74, 6) is -1.26. The summed E-state index contributed by atoms with van der Waals surface area (Å²) < 4.78 is 0. The van der Waals surface area contributed by atoms with E-state index in [1.807, 2.05) is 0 Å². The SMILES string of the molecule is CC(=O)SC1CC(=O)N(c2ccc(Cl)c(C(=O)O)c2)C1. The van der Waals surface area contributed by atoms with Gasteiger partial charge in [-0.3, -0.25) is 9.59 Å². The molecule has 5 nitrogen and oxygen atoms in total. The quantitative estimate of drug-likeness (QED) is 0.927. The molecular formula is C13H12ClNO4S. The van der Waals surface area contributed by atoms with E-state index in [0.29, 0.717) is 12.2 Å². The number of carbonyl (C=O) groups excluding carboxylic acids is 2. The Morgan fingerprint density at radius 2 is 2.15 bits per heavy atom. The molecular weight excluding hydrogens is 302 g/mol. The van der Waals surface area contributed by atoms with Gasteiger partial charge in [0.2, 0.25) is 5.91 Å². The molecule has 1 aromatic carbocycles. The molecule has 1 aliphatic heterocycles. The first-order valence-corrected chi connectivity index (χ1v) is 7.14. The largest absolute Gasteiger partial charge is 0.478 e. The maximum Gasteiger partial charge on any atom is 0.337 e. The molecule has 1 aromatic rings. The van der Waals surface area contributed by atoms with Crippen molar-refractivity contribution in [1.82, 2.24) is 0 Å². The third kappa shape index (κ3) is 3.13. The molecule has 1 atom stereocenters. The molecule has 1 fully saturated rings. The number of aromatic carboxylic acids is 1. The van der Waals surface area contributed by atoms with Crippen LogP contribution in [0.15, 0.2) is 18.2 Å². The van der Waals surface area contributed by atoms with Crippen molar-refractivity contribution < 1.29 is 19.5 Å². The lowest BCUT2D eigenvalue weighted by Crippen LogP contribution is -2.25. The van der Waals surface area contributed by atoms with E-state index in [1.165, 1.54) is 24.0 Å². The van der Waals surface area contributed by atoms with Crippen LogP contribution in [0.25, 0.3) is 0 Å². The predicted molar refractivity (Wildman–Crippen MR) is 77.4 cm³/mol. The van der Waals surface area contributed by atoms with E-state index < -0.39 is 5.97 Å². The van der Waals surface area contributed by atoms with Gasteiger partial charge in [0, 0.05) is 30.8 Å². The molecule has 1 N–H and O–H groups in total. The first kappa shape index (κ1) is 14.9. The Labute approximate surface area is 124 Å². The van der Waals surface area contributed by atoms with Crippen molar-refractivity contribution in [2.75, 3.05) is 11.4 Å². The summed E-state index contributed by atoms with van der Waals surface area (Å²) in [6.45, 7) is 1.85. The molecule has 0 spiro atoms. The van der Waals surface area contributed by atoms with Gasteiger partial charge in [0.25, 0.3) is 0 Å². The number of carboxylic acids is 1. The Kier molecular flexibility index (Phi) is 4.35. The molecule has 1 saturated heterocycles. The minimum atomic E-state index is -1.14. The molecule has 1 amide bonds. The number of halogens is 1. The smallest absolute Gasteiger partial charge is 0.337 e. The Morgan fingerprint density at radius 3 is 2.75 bits per heavy atom. The molecule has 1 heterocycles. The predicted octanol–water partition coefficient (Wildman–Crippen LogP) is 2.42. The zero-order chi connectivity index (χ0) is 14.9. The average Bonchev–Trinajstić information content (AvgIpc) is 2.69. The fourth-order valence-electron chi connectivity index (χ4n) is 2.08. The van der Waals surface area contributed by atoms with Crippen molar-refractivity contribution in [2.45, 2.75) is 18.6 Å². The third-order valence-electron chi connectivity index (χ3n) is 2.91. The molecule has 0 radical (unpaired) electrons. The second-order valence-corrected chi connectivity index (χ2v) is 6.29. The molecule has 0 bridgehead atoms. The van der Waals surface area contributed by atoms with E-state index in [0.717, 1.165) is 11.8 Å². The van der Waals surface area contributed by atoms with Gasteiger partial charge in [-0.2, -0.15) is 0 Å². The number of nitrogens with zero attached hydrogens (tertiary/aromatic N) is 1.